The van der Waals surface area contributed by atoms with Gasteiger partial charge in [0.1, 0.15) is 0 Å². The lowest BCUT2D eigenvalue weighted by Crippen LogP contribution is -2.15. The monoisotopic (exact) mass is 368 g/mol. The fourth-order valence-electron chi connectivity index (χ4n) is 2.07. The normalized spacial score (nSPS) is 11.9. The maximum Gasteiger partial charge on any atom is 0.238 e. The fourth-order valence-corrected chi connectivity index (χ4v) is 3.96. The van der Waals surface area contributed by atoms with Gasteiger partial charge in [-0.1, -0.05) is 11.8 Å². The largest absolute Gasteiger partial charge is 0.305 e. The number of hydrogen-bond donors (Lipinski definition) is 1. The number of hydrogen-bond acceptors (Lipinski definition) is 5. The molecule has 0 unspecified atom stereocenters. The molecular formula is C16H20N2O2S3. The third kappa shape index (κ3) is 5.26. The van der Waals surface area contributed by atoms with Gasteiger partial charge in [-0.05, 0) is 68.4 Å². The maximum atomic E-state index is 11.6. The van der Waals surface area contributed by atoms with Crippen molar-refractivity contribution >= 4 is 33.5 Å². The van der Waals surface area contributed by atoms with Crippen LogP contribution < -0.4 is 5.14 Å². The second-order valence-corrected chi connectivity index (χ2v) is 8.89. The van der Waals surface area contributed by atoms with Crippen molar-refractivity contribution in [1.29, 1.82) is 0 Å². The summed E-state index contributed by atoms with van der Waals surface area (Å²) in [6.07, 6.45) is 2.04. The molecule has 0 radical (unpaired) electrons. The molecule has 0 aliphatic rings. The van der Waals surface area contributed by atoms with Gasteiger partial charge in [-0.15, -0.1) is 11.8 Å². The summed E-state index contributed by atoms with van der Waals surface area (Å²) in [7, 11) is 0.209. The quantitative estimate of drug-likeness (QED) is 0.793. The topological polar surface area (TPSA) is 63.4 Å². The second kappa shape index (κ2) is 7.72. The molecule has 0 fully saturated rings. The minimum atomic E-state index is -3.69. The summed E-state index contributed by atoms with van der Waals surface area (Å²) in [5.74, 6) is 0. The Morgan fingerprint density at radius 2 is 1.65 bits per heavy atom. The Bertz CT molecular complexity index is 772. The number of nitrogens with zero attached hydrogens (tertiary/aromatic N) is 1. The lowest BCUT2D eigenvalue weighted by molar-refractivity contribution is 0.399. The molecule has 0 amide bonds. The van der Waals surface area contributed by atoms with E-state index in [0.29, 0.717) is 6.54 Å². The third-order valence-corrected chi connectivity index (χ3v) is 5.91. The molecule has 2 aromatic rings. The Labute approximate surface area is 146 Å². The maximum absolute atomic E-state index is 11.6. The summed E-state index contributed by atoms with van der Waals surface area (Å²) < 4.78 is 23.1. The van der Waals surface area contributed by atoms with Crippen molar-refractivity contribution in [3.63, 3.8) is 0 Å². The summed E-state index contributed by atoms with van der Waals surface area (Å²) >= 11 is 3.33. The summed E-state index contributed by atoms with van der Waals surface area (Å²) in [5, 5.41) is 5.24. The molecular weight excluding hydrogens is 348 g/mol. The molecule has 4 nitrogen and oxygen atoms in total. The van der Waals surface area contributed by atoms with Crippen LogP contribution >= 0.6 is 23.5 Å². The smallest absolute Gasteiger partial charge is 0.238 e. The van der Waals surface area contributed by atoms with Crippen molar-refractivity contribution in [1.82, 2.24) is 4.90 Å². The first-order valence-corrected chi connectivity index (χ1v) is 10.5. The van der Waals surface area contributed by atoms with Crippen LogP contribution in [0.15, 0.2) is 62.0 Å². The van der Waals surface area contributed by atoms with Crippen molar-refractivity contribution in [2.24, 2.45) is 5.14 Å². The fraction of sp³-hybridized carbons (Fsp3) is 0.250. The minimum absolute atomic E-state index is 0.149. The van der Waals surface area contributed by atoms with E-state index < -0.39 is 10.0 Å². The second-order valence-electron chi connectivity index (χ2n) is 5.33. The number of nitrogens with two attached hydrogens (primary N) is 1. The highest BCUT2D eigenvalue weighted by Crippen LogP contribution is 2.33. The highest BCUT2D eigenvalue weighted by Gasteiger charge is 2.13. The number of primary sulfonamides is 1. The molecule has 0 atom stereocenters. The van der Waals surface area contributed by atoms with Gasteiger partial charge < -0.3 is 4.90 Å². The van der Waals surface area contributed by atoms with E-state index in [1.165, 1.54) is 4.90 Å². The Morgan fingerprint density at radius 3 is 2.17 bits per heavy atom. The first kappa shape index (κ1) is 18.4. The molecule has 0 aliphatic heterocycles. The van der Waals surface area contributed by atoms with E-state index in [-0.39, 0.29) is 4.90 Å². The Morgan fingerprint density at radius 1 is 1.04 bits per heavy atom. The van der Waals surface area contributed by atoms with Gasteiger partial charge in [0.2, 0.25) is 10.0 Å². The zero-order chi connectivity index (χ0) is 17.0. The van der Waals surface area contributed by atoms with Crippen molar-refractivity contribution in [3.8, 4) is 0 Å². The van der Waals surface area contributed by atoms with Crippen molar-refractivity contribution in [3.05, 3.63) is 48.0 Å². The van der Waals surface area contributed by atoms with Gasteiger partial charge in [-0.25, -0.2) is 13.6 Å². The van der Waals surface area contributed by atoms with Gasteiger partial charge in [-0.3, -0.25) is 0 Å². The Balaban J connectivity index is 2.35. The number of sulfonamides is 1. The molecule has 124 valence electrons. The van der Waals surface area contributed by atoms with Gasteiger partial charge in [0.15, 0.2) is 0 Å². The summed E-state index contributed by atoms with van der Waals surface area (Å²) in [4.78, 5) is 5.52. The zero-order valence-electron chi connectivity index (χ0n) is 13.3. The third-order valence-electron chi connectivity index (χ3n) is 3.13. The van der Waals surface area contributed by atoms with Gasteiger partial charge in [0.05, 0.1) is 4.90 Å². The molecule has 2 rings (SSSR count). The molecule has 0 heterocycles. The van der Waals surface area contributed by atoms with Gasteiger partial charge in [-0.2, -0.15) is 0 Å². The molecule has 2 aromatic carbocycles. The minimum Gasteiger partial charge on any atom is -0.305 e. The number of rotatable bonds is 6. The summed E-state index contributed by atoms with van der Waals surface area (Å²) in [6, 6.07) is 13.4. The van der Waals surface area contributed by atoms with Gasteiger partial charge >= 0.3 is 0 Å². The van der Waals surface area contributed by atoms with E-state index >= 15 is 0 Å². The summed E-state index contributed by atoms with van der Waals surface area (Å²) in [6.45, 7) is 0.647. The lowest BCUT2D eigenvalue weighted by Gasteiger charge is -2.15. The van der Waals surface area contributed by atoms with Crippen LogP contribution in [0.1, 0.15) is 5.56 Å². The molecule has 0 bridgehead atoms. The average Bonchev–Trinajstić information content (AvgIpc) is 2.48. The predicted molar refractivity (Wildman–Crippen MR) is 97.6 cm³/mol. The van der Waals surface area contributed by atoms with Crippen LogP contribution in [-0.2, 0) is 16.6 Å². The average molecular weight is 369 g/mol. The van der Waals surface area contributed by atoms with E-state index in [1.54, 1.807) is 35.7 Å². The molecule has 0 aliphatic carbocycles. The molecule has 7 heteroatoms. The SMILES string of the molecule is CSc1ccc(Sc2ccc(S(N)(=O)=O)cc2CN(C)C)cc1. The van der Waals surface area contributed by atoms with Gasteiger partial charge in [0, 0.05) is 21.2 Å². The zero-order valence-corrected chi connectivity index (χ0v) is 15.8. The number of thioether (sulfide) groups is 1. The van der Waals surface area contributed by atoms with Crippen LogP contribution in [0.5, 0.6) is 0 Å². The van der Waals surface area contributed by atoms with Crippen molar-refractivity contribution < 1.29 is 8.42 Å². The molecule has 0 saturated heterocycles. The van der Waals surface area contributed by atoms with Crippen LogP contribution in [0.3, 0.4) is 0 Å². The van der Waals surface area contributed by atoms with Crippen LogP contribution in [0, 0.1) is 0 Å². The highest BCUT2D eigenvalue weighted by atomic mass is 32.2. The summed E-state index contributed by atoms with van der Waals surface area (Å²) in [5.41, 5.74) is 0.945. The van der Waals surface area contributed by atoms with Crippen LogP contribution in [0.4, 0.5) is 0 Å². The van der Waals surface area contributed by atoms with E-state index in [1.807, 2.05) is 31.3 Å². The molecule has 0 saturated carbocycles. The van der Waals surface area contributed by atoms with Gasteiger partial charge in [0.25, 0.3) is 0 Å². The predicted octanol–water partition coefficient (Wildman–Crippen LogP) is 3.27. The molecule has 2 N–H and O–H groups in total. The van der Waals surface area contributed by atoms with E-state index in [2.05, 4.69) is 24.3 Å². The molecule has 0 spiro atoms. The van der Waals surface area contributed by atoms with Crippen LogP contribution in [-0.4, -0.2) is 33.7 Å². The van der Waals surface area contributed by atoms with E-state index in [4.69, 9.17) is 5.14 Å². The van der Waals surface area contributed by atoms with E-state index in [9.17, 15) is 8.42 Å². The van der Waals surface area contributed by atoms with Crippen molar-refractivity contribution in [2.45, 2.75) is 26.1 Å². The first-order chi connectivity index (χ1) is 10.8. The standard InChI is InChI=1S/C16H20N2O2S3/c1-18(2)11-12-10-15(23(17,19)20)8-9-16(12)22-14-6-4-13(21-3)5-7-14/h4-10H,11H2,1-3H3,(H2,17,19,20). The Hall–Kier alpha value is -0.990. The molecule has 23 heavy (non-hydrogen) atoms. The van der Waals surface area contributed by atoms with Crippen LogP contribution in [0.2, 0.25) is 0 Å². The van der Waals surface area contributed by atoms with Crippen LogP contribution in [0.25, 0.3) is 0 Å². The molecule has 0 aromatic heterocycles. The van der Waals surface area contributed by atoms with E-state index in [0.717, 1.165) is 15.4 Å². The lowest BCUT2D eigenvalue weighted by atomic mass is 10.2. The first-order valence-electron chi connectivity index (χ1n) is 6.92. The van der Waals surface area contributed by atoms with Crippen molar-refractivity contribution in [2.75, 3.05) is 20.4 Å². The Kier molecular flexibility index (Phi) is 6.16. The number of benzene rings is 2. The highest BCUT2D eigenvalue weighted by molar-refractivity contribution is 7.99.